The molecule has 0 aliphatic carbocycles. The quantitative estimate of drug-likeness (QED) is 0.866. The van der Waals surface area contributed by atoms with Gasteiger partial charge in [0.1, 0.15) is 0 Å². The van der Waals surface area contributed by atoms with Crippen LogP contribution in [0, 0.1) is 0 Å². The number of hydrogen-bond acceptors (Lipinski definition) is 2. The Bertz CT molecular complexity index is 556. The van der Waals surface area contributed by atoms with Gasteiger partial charge in [0, 0.05) is 5.75 Å². The standard InChI is InChI=1S/C18H21NOS/c1-14(17-11-7-4-8-12-17)19-18(20)15(2)21-13-16-9-5-3-6-10-16/h3-12,14-15H,13H2,1-2H3,(H,19,20)/t14-,15-/m0/s1. The zero-order valence-corrected chi connectivity index (χ0v) is 13.3. The number of hydrogen-bond donors (Lipinski definition) is 1. The van der Waals surface area contributed by atoms with Gasteiger partial charge in [-0.3, -0.25) is 4.79 Å². The van der Waals surface area contributed by atoms with Gasteiger partial charge in [-0.2, -0.15) is 0 Å². The van der Waals surface area contributed by atoms with E-state index >= 15 is 0 Å². The second-order valence-electron chi connectivity index (χ2n) is 5.08. The highest BCUT2D eigenvalue weighted by Gasteiger charge is 2.16. The van der Waals surface area contributed by atoms with Crippen LogP contribution in [-0.2, 0) is 10.5 Å². The minimum atomic E-state index is -0.0589. The van der Waals surface area contributed by atoms with E-state index in [2.05, 4.69) is 17.4 Å². The number of carbonyl (C=O) groups excluding carboxylic acids is 1. The van der Waals surface area contributed by atoms with E-state index in [1.807, 2.05) is 62.4 Å². The van der Waals surface area contributed by atoms with Crippen molar-refractivity contribution in [3.8, 4) is 0 Å². The van der Waals surface area contributed by atoms with Gasteiger partial charge in [-0.05, 0) is 25.0 Å². The van der Waals surface area contributed by atoms with Crippen LogP contribution in [0.3, 0.4) is 0 Å². The summed E-state index contributed by atoms with van der Waals surface area (Å²) in [5.41, 5.74) is 2.38. The van der Waals surface area contributed by atoms with Gasteiger partial charge in [0.05, 0.1) is 11.3 Å². The van der Waals surface area contributed by atoms with Gasteiger partial charge >= 0.3 is 0 Å². The molecule has 110 valence electrons. The Balaban J connectivity index is 1.82. The fourth-order valence-electron chi connectivity index (χ4n) is 2.03. The van der Waals surface area contributed by atoms with E-state index in [1.54, 1.807) is 11.8 Å². The topological polar surface area (TPSA) is 29.1 Å². The molecule has 3 heteroatoms. The third-order valence-corrected chi connectivity index (χ3v) is 4.58. The lowest BCUT2D eigenvalue weighted by molar-refractivity contribution is -0.120. The zero-order chi connectivity index (χ0) is 15.1. The molecule has 0 bridgehead atoms. The van der Waals surface area contributed by atoms with E-state index in [9.17, 15) is 4.79 Å². The number of amides is 1. The molecule has 0 aliphatic heterocycles. The lowest BCUT2D eigenvalue weighted by Gasteiger charge is -2.17. The van der Waals surface area contributed by atoms with Gasteiger partial charge in [0.2, 0.25) is 5.91 Å². The molecule has 0 unspecified atom stereocenters. The maximum atomic E-state index is 12.2. The fraction of sp³-hybridized carbons (Fsp3) is 0.278. The molecule has 2 aromatic rings. The van der Waals surface area contributed by atoms with Crippen LogP contribution in [0.1, 0.15) is 31.0 Å². The second-order valence-corrected chi connectivity index (χ2v) is 6.41. The lowest BCUT2D eigenvalue weighted by atomic mass is 10.1. The normalized spacial score (nSPS) is 13.4. The number of carbonyl (C=O) groups is 1. The molecule has 1 amide bonds. The van der Waals surface area contributed by atoms with Crippen molar-refractivity contribution in [1.82, 2.24) is 5.32 Å². The van der Waals surface area contributed by atoms with Crippen LogP contribution in [-0.4, -0.2) is 11.2 Å². The Labute approximate surface area is 131 Å². The van der Waals surface area contributed by atoms with Gasteiger partial charge in [0.25, 0.3) is 0 Å². The van der Waals surface area contributed by atoms with Gasteiger partial charge < -0.3 is 5.32 Å². The van der Waals surface area contributed by atoms with Crippen LogP contribution in [0.4, 0.5) is 0 Å². The third kappa shape index (κ3) is 4.94. The minimum absolute atomic E-state index is 0.0403. The first-order valence-corrected chi connectivity index (χ1v) is 8.22. The largest absolute Gasteiger partial charge is 0.349 e. The number of rotatable bonds is 6. The molecule has 1 N–H and O–H groups in total. The second kappa shape index (κ2) is 7.89. The van der Waals surface area contributed by atoms with Gasteiger partial charge in [0.15, 0.2) is 0 Å². The smallest absolute Gasteiger partial charge is 0.233 e. The lowest BCUT2D eigenvalue weighted by Crippen LogP contribution is -2.33. The molecule has 0 aromatic heterocycles. The molecule has 0 heterocycles. The maximum absolute atomic E-state index is 12.2. The Kier molecular flexibility index (Phi) is 5.88. The van der Waals surface area contributed by atoms with Crippen LogP contribution < -0.4 is 5.32 Å². The van der Waals surface area contributed by atoms with E-state index in [0.29, 0.717) is 0 Å². The Morgan fingerprint density at radius 1 is 1.00 bits per heavy atom. The van der Waals surface area contributed by atoms with Crippen LogP contribution in [0.2, 0.25) is 0 Å². The van der Waals surface area contributed by atoms with Crippen molar-refractivity contribution >= 4 is 17.7 Å². The van der Waals surface area contributed by atoms with E-state index < -0.39 is 0 Å². The van der Waals surface area contributed by atoms with Crippen molar-refractivity contribution in [2.75, 3.05) is 0 Å². The molecule has 0 aliphatic rings. The summed E-state index contributed by atoms with van der Waals surface area (Å²) in [6, 6.07) is 20.3. The fourth-order valence-corrected chi connectivity index (χ4v) is 2.88. The van der Waals surface area contributed by atoms with Crippen molar-refractivity contribution in [3.05, 3.63) is 71.8 Å². The summed E-state index contributed by atoms with van der Waals surface area (Å²) in [6.45, 7) is 3.97. The SMILES string of the molecule is C[C@H](SCc1ccccc1)C(=O)N[C@@H](C)c1ccccc1. The molecule has 0 spiro atoms. The van der Waals surface area contributed by atoms with E-state index in [1.165, 1.54) is 5.56 Å². The molecule has 0 saturated carbocycles. The van der Waals surface area contributed by atoms with Crippen molar-refractivity contribution in [3.63, 3.8) is 0 Å². The van der Waals surface area contributed by atoms with Crippen molar-refractivity contribution in [2.24, 2.45) is 0 Å². The molecule has 21 heavy (non-hydrogen) atoms. The maximum Gasteiger partial charge on any atom is 0.233 e. The van der Waals surface area contributed by atoms with E-state index in [4.69, 9.17) is 0 Å². The summed E-state index contributed by atoms with van der Waals surface area (Å²) < 4.78 is 0. The Morgan fingerprint density at radius 3 is 2.19 bits per heavy atom. The highest BCUT2D eigenvalue weighted by Crippen LogP contribution is 2.19. The number of benzene rings is 2. The van der Waals surface area contributed by atoms with Gasteiger partial charge in [-0.25, -0.2) is 0 Å². The van der Waals surface area contributed by atoms with Crippen molar-refractivity contribution in [2.45, 2.75) is 30.9 Å². The van der Waals surface area contributed by atoms with Gasteiger partial charge in [-0.1, -0.05) is 60.7 Å². The molecule has 0 fully saturated rings. The predicted molar refractivity (Wildman–Crippen MR) is 90.2 cm³/mol. The van der Waals surface area contributed by atoms with Crippen molar-refractivity contribution < 1.29 is 4.79 Å². The first-order chi connectivity index (χ1) is 10.2. The Morgan fingerprint density at radius 2 is 1.57 bits per heavy atom. The summed E-state index contributed by atoms with van der Waals surface area (Å²) in [5, 5.41) is 3.01. The summed E-state index contributed by atoms with van der Waals surface area (Å²) in [5.74, 6) is 0.946. The Hall–Kier alpha value is -1.74. The van der Waals surface area contributed by atoms with E-state index in [-0.39, 0.29) is 17.2 Å². The van der Waals surface area contributed by atoms with Crippen LogP contribution in [0.5, 0.6) is 0 Å². The zero-order valence-electron chi connectivity index (χ0n) is 12.5. The van der Waals surface area contributed by atoms with Crippen molar-refractivity contribution in [1.29, 1.82) is 0 Å². The van der Waals surface area contributed by atoms with E-state index in [0.717, 1.165) is 11.3 Å². The molecule has 2 nitrogen and oxygen atoms in total. The molecule has 2 atom stereocenters. The summed E-state index contributed by atoms with van der Waals surface area (Å²) in [7, 11) is 0. The minimum Gasteiger partial charge on any atom is -0.349 e. The summed E-state index contributed by atoms with van der Waals surface area (Å²) in [4.78, 5) is 12.2. The molecule has 0 saturated heterocycles. The first kappa shape index (κ1) is 15.6. The molecule has 0 radical (unpaired) electrons. The first-order valence-electron chi connectivity index (χ1n) is 7.17. The average molecular weight is 299 g/mol. The molecule has 2 rings (SSSR count). The number of nitrogens with one attached hydrogen (secondary N) is 1. The monoisotopic (exact) mass is 299 g/mol. The molecular weight excluding hydrogens is 278 g/mol. The van der Waals surface area contributed by atoms with Crippen LogP contribution in [0.25, 0.3) is 0 Å². The molecule has 2 aromatic carbocycles. The third-order valence-electron chi connectivity index (χ3n) is 3.37. The van der Waals surface area contributed by atoms with Crippen LogP contribution in [0.15, 0.2) is 60.7 Å². The van der Waals surface area contributed by atoms with Crippen LogP contribution >= 0.6 is 11.8 Å². The summed E-state index contributed by atoms with van der Waals surface area (Å²) in [6.07, 6.45) is 0. The summed E-state index contributed by atoms with van der Waals surface area (Å²) >= 11 is 1.66. The number of thioether (sulfide) groups is 1. The highest BCUT2D eigenvalue weighted by molar-refractivity contribution is 7.99. The van der Waals surface area contributed by atoms with Gasteiger partial charge in [-0.15, -0.1) is 11.8 Å². The predicted octanol–water partition coefficient (Wildman–Crippen LogP) is 4.19. The molecular formula is C18H21NOS. The highest BCUT2D eigenvalue weighted by atomic mass is 32.2. The average Bonchev–Trinajstić information content (AvgIpc) is 2.54.